The van der Waals surface area contributed by atoms with Crippen molar-refractivity contribution in [2.75, 3.05) is 0 Å². The highest BCUT2D eigenvalue weighted by molar-refractivity contribution is 5.85. The minimum Gasteiger partial charge on any atom is -0.495 e. The highest BCUT2D eigenvalue weighted by atomic mass is 16.5. The lowest BCUT2D eigenvalue weighted by molar-refractivity contribution is -0.127. The molecule has 28 heavy (non-hydrogen) atoms. The molecular weight excluding hydrogens is 344 g/mol. The van der Waals surface area contributed by atoms with Gasteiger partial charge in [-0.25, -0.2) is 0 Å². The Bertz CT molecular complexity index is 501. The first-order valence-corrected chi connectivity index (χ1v) is 11.8. The first kappa shape index (κ1) is 25.0. The monoisotopic (exact) mass is 390 g/mol. The summed E-state index contributed by atoms with van der Waals surface area (Å²) < 4.78 is 5.95. The van der Waals surface area contributed by atoms with E-state index in [9.17, 15) is 4.79 Å². The number of ketones is 1. The molecule has 0 spiro atoms. The number of unbranched alkanes of at least 4 members (excludes halogenated alkanes) is 8. The average Bonchev–Trinajstić information content (AvgIpc) is 2.59. The van der Waals surface area contributed by atoms with E-state index in [1.54, 1.807) is 0 Å². The van der Waals surface area contributed by atoms with E-state index < -0.39 is 0 Å². The van der Waals surface area contributed by atoms with Crippen LogP contribution in [0.25, 0.3) is 0 Å². The van der Waals surface area contributed by atoms with Crippen LogP contribution in [0.4, 0.5) is 0 Å². The van der Waals surface area contributed by atoms with Crippen LogP contribution in [0.5, 0.6) is 0 Å². The second kappa shape index (κ2) is 13.2. The van der Waals surface area contributed by atoms with Gasteiger partial charge in [0.2, 0.25) is 0 Å². The Kier molecular flexibility index (Phi) is 11.8. The van der Waals surface area contributed by atoms with Crippen molar-refractivity contribution in [3.05, 3.63) is 24.0 Å². The standard InChI is InChI=1S/C26H46O2/c1-7-8-9-10-11-12-13-14-15-18-22(3)28-23(4)20-24(27)25-21(2)17-16-19-26(25,5)6/h17,23,25H,3,7-16,18-20H2,1-2,4-6H3. The lowest BCUT2D eigenvalue weighted by Crippen LogP contribution is -2.35. The van der Waals surface area contributed by atoms with E-state index in [4.69, 9.17) is 4.74 Å². The van der Waals surface area contributed by atoms with Gasteiger partial charge in [0.1, 0.15) is 11.9 Å². The van der Waals surface area contributed by atoms with Crippen LogP contribution in [-0.2, 0) is 9.53 Å². The van der Waals surface area contributed by atoms with Crippen molar-refractivity contribution in [1.82, 2.24) is 0 Å². The molecule has 0 saturated carbocycles. The maximum Gasteiger partial charge on any atom is 0.144 e. The number of rotatable bonds is 15. The third-order valence-electron chi connectivity index (χ3n) is 6.23. The van der Waals surface area contributed by atoms with E-state index in [0.717, 1.165) is 31.4 Å². The van der Waals surface area contributed by atoms with E-state index >= 15 is 0 Å². The van der Waals surface area contributed by atoms with Gasteiger partial charge in [-0.05, 0) is 38.5 Å². The summed E-state index contributed by atoms with van der Waals surface area (Å²) >= 11 is 0. The van der Waals surface area contributed by atoms with Crippen LogP contribution in [0.1, 0.15) is 118 Å². The number of allylic oxidation sites excluding steroid dienone is 3. The van der Waals surface area contributed by atoms with E-state index in [2.05, 4.69) is 40.3 Å². The second-order valence-corrected chi connectivity index (χ2v) is 9.62. The van der Waals surface area contributed by atoms with Crippen LogP contribution >= 0.6 is 0 Å². The minimum absolute atomic E-state index is 0.0397. The van der Waals surface area contributed by atoms with Crippen molar-refractivity contribution in [2.24, 2.45) is 11.3 Å². The molecule has 0 aromatic rings. The Balaban J connectivity index is 2.20. The lowest BCUT2D eigenvalue weighted by Gasteiger charge is -2.37. The van der Waals surface area contributed by atoms with E-state index in [0.29, 0.717) is 12.2 Å². The van der Waals surface area contributed by atoms with Crippen LogP contribution < -0.4 is 0 Å². The fourth-order valence-electron chi connectivity index (χ4n) is 4.66. The highest BCUT2D eigenvalue weighted by Crippen LogP contribution is 2.42. The van der Waals surface area contributed by atoms with Crippen molar-refractivity contribution >= 4 is 5.78 Å². The van der Waals surface area contributed by atoms with E-state index in [1.807, 2.05) is 6.92 Å². The zero-order chi connectivity index (χ0) is 21.0. The molecule has 1 aliphatic carbocycles. The summed E-state index contributed by atoms with van der Waals surface area (Å²) in [5.74, 6) is 1.21. The van der Waals surface area contributed by atoms with Crippen LogP contribution in [0, 0.1) is 11.3 Å². The molecule has 162 valence electrons. The molecule has 1 aliphatic rings. The largest absolute Gasteiger partial charge is 0.495 e. The first-order chi connectivity index (χ1) is 13.3. The Labute approximate surface area is 175 Å². The minimum atomic E-state index is -0.0795. The van der Waals surface area contributed by atoms with Gasteiger partial charge in [0, 0.05) is 18.8 Å². The third kappa shape index (κ3) is 9.43. The average molecular weight is 391 g/mol. The fourth-order valence-corrected chi connectivity index (χ4v) is 4.66. The second-order valence-electron chi connectivity index (χ2n) is 9.62. The molecular formula is C26H46O2. The smallest absolute Gasteiger partial charge is 0.144 e. The number of carbonyl (C=O) groups is 1. The maximum atomic E-state index is 12.9. The number of ether oxygens (including phenoxy) is 1. The van der Waals surface area contributed by atoms with Gasteiger partial charge in [-0.1, -0.05) is 90.4 Å². The fraction of sp³-hybridized carbons (Fsp3) is 0.808. The molecule has 1 rings (SSSR count). The summed E-state index contributed by atoms with van der Waals surface area (Å²) in [4.78, 5) is 12.9. The van der Waals surface area contributed by atoms with Crippen molar-refractivity contribution in [2.45, 2.75) is 124 Å². The van der Waals surface area contributed by atoms with Gasteiger partial charge >= 0.3 is 0 Å². The molecule has 2 heteroatoms. The van der Waals surface area contributed by atoms with Gasteiger partial charge < -0.3 is 4.74 Å². The molecule has 0 aromatic carbocycles. The molecule has 2 atom stereocenters. The van der Waals surface area contributed by atoms with Gasteiger partial charge in [0.15, 0.2) is 0 Å². The maximum absolute atomic E-state index is 12.9. The third-order valence-corrected chi connectivity index (χ3v) is 6.23. The summed E-state index contributed by atoms with van der Waals surface area (Å²) in [6.07, 6.45) is 17.7. The molecule has 0 amide bonds. The molecule has 0 aliphatic heterocycles. The van der Waals surface area contributed by atoms with Gasteiger partial charge in [-0.2, -0.15) is 0 Å². The zero-order valence-electron chi connectivity index (χ0n) is 19.4. The number of carbonyl (C=O) groups excluding carboxylic acids is 1. The molecule has 0 saturated heterocycles. The summed E-state index contributed by atoms with van der Waals surface area (Å²) in [7, 11) is 0. The highest BCUT2D eigenvalue weighted by Gasteiger charge is 2.38. The van der Waals surface area contributed by atoms with Crippen molar-refractivity contribution < 1.29 is 9.53 Å². The Morgan fingerprint density at radius 2 is 1.71 bits per heavy atom. The summed E-state index contributed by atoms with van der Waals surface area (Å²) in [5, 5.41) is 0. The van der Waals surface area contributed by atoms with E-state index in [1.165, 1.54) is 56.9 Å². The summed E-state index contributed by atoms with van der Waals surface area (Å²) in [6.45, 7) is 14.9. The molecule has 2 nitrogen and oxygen atoms in total. The van der Waals surface area contributed by atoms with Gasteiger partial charge in [0.05, 0.1) is 5.76 Å². The molecule has 0 radical (unpaired) electrons. The SMILES string of the molecule is C=C(CCCCCCCCCCC)OC(C)CC(=O)C1C(C)=CCCC1(C)C. The first-order valence-electron chi connectivity index (χ1n) is 11.8. The Morgan fingerprint density at radius 3 is 2.29 bits per heavy atom. The molecule has 0 bridgehead atoms. The number of hydrogen-bond acceptors (Lipinski definition) is 2. The predicted molar refractivity (Wildman–Crippen MR) is 121 cm³/mol. The summed E-state index contributed by atoms with van der Waals surface area (Å²) in [6, 6.07) is 0. The Morgan fingerprint density at radius 1 is 1.14 bits per heavy atom. The van der Waals surface area contributed by atoms with Crippen LogP contribution in [0.3, 0.4) is 0 Å². The number of Topliss-reactive ketones (excluding diaryl/α,β-unsaturated/α-hetero) is 1. The zero-order valence-corrected chi connectivity index (χ0v) is 19.4. The number of hydrogen-bond donors (Lipinski definition) is 0. The molecule has 0 heterocycles. The topological polar surface area (TPSA) is 26.3 Å². The van der Waals surface area contributed by atoms with Gasteiger partial charge in [-0.15, -0.1) is 0 Å². The summed E-state index contributed by atoms with van der Waals surface area (Å²) in [5.41, 5.74) is 1.30. The van der Waals surface area contributed by atoms with Gasteiger partial charge in [-0.3, -0.25) is 4.79 Å². The van der Waals surface area contributed by atoms with Crippen molar-refractivity contribution in [3.8, 4) is 0 Å². The molecule has 2 unspecified atom stereocenters. The lowest BCUT2D eigenvalue weighted by atomic mass is 9.66. The molecule has 0 N–H and O–H groups in total. The Hall–Kier alpha value is -1.05. The van der Waals surface area contributed by atoms with Crippen molar-refractivity contribution in [1.29, 1.82) is 0 Å². The van der Waals surface area contributed by atoms with E-state index in [-0.39, 0.29) is 17.4 Å². The van der Waals surface area contributed by atoms with Gasteiger partial charge in [0.25, 0.3) is 0 Å². The normalized spacial score (nSPS) is 19.8. The van der Waals surface area contributed by atoms with Crippen LogP contribution in [-0.4, -0.2) is 11.9 Å². The van der Waals surface area contributed by atoms with Crippen molar-refractivity contribution in [3.63, 3.8) is 0 Å². The van der Waals surface area contributed by atoms with Crippen LogP contribution in [0.15, 0.2) is 24.0 Å². The molecule has 0 fully saturated rings. The predicted octanol–water partition coefficient (Wildman–Crippen LogP) is 8.17. The quantitative estimate of drug-likeness (QED) is 0.160. The van der Waals surface area contributed by atoms with Crippen LogP contribution in [0.2, 0.25) is 0 Å². The molecule has 0 aromatic heterocycles.